The van der Waals surface area contributed by atoms with Crippen LogP contribution in [-0.2, 0) is 14.2 Å². The van der Waals surface area contributed by atoms with E-state index in [1.807, 2.05) is 0 Å². The Morgan fingerprint density at radius 1 is 1.07 bits per heavy atom. The SMILES string of the molecule is CCCCOC(=O)O[C@H]1CC[C@H]2[C@@H]3CCC4=C[C@H](OCC)CC[C@]4(C)[C@H]3CC[C@]12C. The molecule has 4 aliphatic carbocycles. The molecule has 4 nitrogen and oxygen atoms in total. The summed E-state index contributed by atoms with van der Waals surface area (Å²) in [6.07, 6.45) is 13.9. The summed E-state index contributed by atoms with van der Waals surface area (Å²) < 4.78 is 17.2. The molecule has 0 radical (unpaired) electrons. The number of ether oxygens (including phenoxy) is 3. The van der Waals surface area contributed by atoms with Crippen molar-refractivity contribution in [3.8, 4) is 0 Å². The molecule has 3 saturated carbocycles. The van der Waals surface area contributed by atoms with E-state index < -0.39 is 6.16 Å². The van der Waals surface area contributed by atoms with Crippen molar-refractivity contribution in [1.82, 2.24) is 0 Å². The van der Waals surface area contributed by atoms with Crippen molar-refractivity contribution in [2.24, 2.45) is 28.6 Å². The van der Waals surface area contributed by atoms with Gasteiger partial charge in [0.2, 0.25) is 0 Å². The Balaban J connectivity index is 1.45. The van der Waals surface area contributed by atoms with E-state index in [0.29, 0.717) is 24.0 Å². The average Bonchev–Trinajstić information content (AvgIpc) is 3.05. The Hall–Kier alpha value is -1.03. The van der Waals surface area contributed by atoms with E-state index in [2.05, 4.69) is 33.8 Å². The van der Waals surface area contributed by atoms with Crippen LogP contribution in [0.4, 0.5) is 4.79 Å². The number of carbonyl (C=O) groups is 1. The molecule has 0 unspecified atom stereocenters. The first-order valence-corrected chi connectivity index (χ1v) is 12.6. The summed E-state index contributed by atoms with van der Waals surface area (Å²) in [6, 6.07) is 0. The zero-order valence-electron chi connectivity index (χ0n) is 19.6. The maximum atomic E-state index is 12.2. The molecule has 0 aromatic rings. The zero-order chi connectivity index (χ0) is 21.4. The Labute approximate surface area is 183 Å². The first-order valence-electron chi connectivity index (χ1n) is 12.6. The molecule has 30 heavy (non-hydrogen) atoms. The van der Waals surface area contributed by atoms with Gasteiger partial charge in [0.15, 0.2) is 0 Å². The standard InChI is InChI=1S/C26H42O4/c1-5-7-16-29-24(27)30-23-11-10-21-20-9-8-18-17-19(28-6-2)12-14-25(18,3)22(20)13-15-26(21,23)4/h17,19-23H,5-16H2,1-4H3/t19-,20+,21+,22+,23+,25+,26+/m1/s1. The van der Waals surface area contributed by atoms with Crippen LogP contribution in [0.2, 0.25) is 0 Å². The van der Waals surface area contributed by atoms with Crippen molar-refractivity contribution < 1.29 is 19.0 Å². The third-order valence-corrected chi connectivity index (χ3v) is 9.32. The van der Waals surface area contributed by atoms with Gasteiger partial charge in [0, 0.05) is 12.0 Å². The fourth-order valence-electron chi connectivity index (χ4n) is 7.64. The summed E-state index contributed by atoms with van der Waals surface area (Å²) in [5.41, 5.74) is 2.13. The smallest absolute Gasteiger partial charge is 0.434 e. The molecule has 4 rings (SSSR count). The summed E-state index contributed by atoms with van der Waals surface area (Å²) in [6.45, 7) is 10.4. The van der Waals surface area contributed by atoms with Gasteiger partial charge in [-0.2, -0.15) is 0 Å². The predicted molar refractivity (Wildman–Crippen MR) is 118 cm³/mol. The second-order valence-electron chi connectivity index (χ2n) is 10.7. The number of rotatable bonds is 6. The van der Waals surface area contributed by atoms with Crippen molar-refractivity contribution in [2.75, 3.05) is 13.2 Å². The van der Waals surface area contributed by atoms with Gasteiger partial charge in [0.25, 0.3) is 0 Å². The van der Waals surface area contributed by atoms with Gasteiger partial charge < -0.3 is 14.2 Å². The number of allylic oxidation sites excluding steroid dienone is 1. The molecule has 0 saturated heterocycles. The molecule has 0 aliphatic heterocycles. The maximum Gasteiger partial charge on any atom is 0.508 e. The maximum absolute atomic E-state index is 12.2. The molecule has 4 aliphatic rings. The highest BCUT2D eigenvalue weighted by molar-refractivity contribution is 5.60. The van der Waals surface area contributed by atoms with Crippen LogP contribution in [0.5, 0.6) is 0 Å². The monoisotopic (exact) mass is 418 g/mol. The minimum absolute atomic E-state index is 0.0241. The van der Waals surface area contributed by atoms with E-state index >= 15 is 0 Å². The summed E-state index contributed by atoms with van der Waals surface area (Å²) >= 11 is 0. The molecule has 0 spiro atoms. The van der Waals surface area contributed by atoms with Gasteiger partial charge in [-0.15, -0.1) is 0 Å². The molecule has 0 N–H and O–H groups in total. The van der Waals surface area contributed by atoms with Gasteiger partial charge >= 0.3 is 6.16 Å². The summed E-state index contributed by atoms with van der Waals surface area (Å²) in [5, 5.41) is 0. The van der Waals surface area contributed by atoms with Gasteiger partial charge in [-0.05, 0) is 87.9 Å². The fourth-order valence-corrected chi connectivity index (χ4v) is 7.64. The minimum atomic E-state index is -0.451. The van der Waals surface area contributed by atoms with Gasteiger partial charge in [-0.25, -0.2) is 4.79 Å². The average molecular weight is 419 g/mol. The molecule has 0 aromatic heterocycles. The van der Waals surface area contributed by atoms with E-state index in [1.165, 1.54) is 38.5 Å². The lowest BCUT2D eigenvalue weighted by Gasteiger charge is -2.58. The Morgan fingerprint density at radius 2 is 1.90 bits per heavy atom. The molecule has 0 bridgehead atoms. The zero-order valence-corrected chi connectivity index (χ0v) is 19.6. The molecule has 4 heteroatoms. The highest BCUT2D eigenvalue weighted by atomic mass is 16.7. The molecule has 170 valence electrons. The third kappa shape index (κ3) is 3.82. The van der Waals surface area contributed by atoms with E-state index in [9.17, 15) is 4.79 Å². The van der Waals surface area contributed by atoms with Crippen LogP contribution in [0, 0.1) is 28.6 Å². The van der Waals surface area contributed by atoms with E-state index in [0.717, 1.165) is 44.1 Å². The second-order valence-corrected chi connectivity index (χ2v) is 10.7. The number of fused-ring (bicyclic) bond motifs is 5. The molecule has 3 fully saturated rings. The Bertz CT molecular complexity index is 657. The normalized spacial score (nSPS) is 42.5. The van der Waals surface area contributed by atoms with Crippen LogP contribution < -0.4 is 0 Å². The summed E-state index contributed by atoms with van der Waals surface area (Å²) in [7, 11) is 0. The van der Waals surface area contributed by atoms with E-state index in [-0.39, 0.29) is 11.5 Å². The molecule has 7 atom stereocenters. The third-order valence-electron chi connectivity index (χ3n) is 9.32. The molecule has 0 amide bonds. The van der Waals surface area contributed by atoms with E-state index in [1.54, 1.807) is 5.57 Å². The van der Waals surface area contributed by atoms with Crippen molar-refractivity contribution in [1.29, 1.82) is 0 Å². The van der Waals surface area contributed by atoms with Gasteiger partial charge in [-0.3, -0.25) is 0 Å². The molecular weight excluding hydrogens is 376 g/mol. The van der Waals surface area contributed by atoms with Crippen LogP contribution in [0.3, 0.4) is 0 Å². The first kappa shape index (κ1) is 22.2. The lowest BCUT2D eigenvalue weighted by atomic mass is 9.47. The van der Waals surface area contributed by atoms with E-state index in [4.69, 9.17) is 14.2 Å². The lowest BCUT2D eigenvalue weighted by Crippen LogP contribution is -2.52. The largest absolute Gasteiger partial charge is 0.508 e. The number of unbranched alkanes of at least 4 members (excludes halogenated alkanes) is 1. The predicted octanol–water partition coefficient (Wildman–Crippen LogP) is 6.68. The minimum Gasteiger partial charge on any atom is -0.434 e. The summed E-state index contributed by atoms with van der Waals surface area (Å²) in [5.74, 6) is 2.21. The quantitative estimate of drug-likeness (QED) is 0.274. The van der Waals surface area contributed by atoms with Gasteiger partial charge in [0.05, 0.1) is 12.7 Å². The molecule has 0 aromatic carbocycles. The first-order chi connectivity index (χ1) is 14.4. The van der Waals surface area contributed by atoms with Crippen molar-refractivity contribution in [3.05, 3.63) is 11.6 Å². The summed E-state index contributed by atoms with van der Waals surface area (Å²) in [4.78, 5) is 12.2. The van der Waals surface area contributed by atoms with Crippen LogP contribution in [0.15, 0.2) is 11.6 Å². The molecule has 0 heterocycles. The number of carbonyl (C=O) groups excluding carboxylic acids is 1. The van der Waals surface area contributed by atoms with Gasteiger partial charge in [0.1, 0.15) is 6.10 Å². The van der Waals surface area contributed by atoms with Crippen molar-refractivity contribution in [2.45, 2.75) is 104 Å². The lowest BCUT2D eigenvalue weighted by molar-refractivity contribution is -0.0896. The second kappa shape index (κ2) is 8.84. The highest BCUT2D eigenvalue weighted by Crippen LogP contribution is 2.65. The van der Waals surface area contributed by atoms with Crippen molar-refractivity contribution >= 4 is 6.16 Å². The van der Waals surface area contributed by atoms with Crippen LogP contribution in [0.1, 0.15) is 91.9 Å². The highest BCUT2D eigenvalue weighted by Gasteiger charge is 2.60. The Kier molecular flexibility index (Phi) is 6.53. The molecular formula is C26H42O4. The fraction of sp³-hybridized carbons (Fsp3) is 0.885. The van der Waals surface area contributed by atoms with Crippen LogP contribution >= 0.6 is 0 Å². The van der Waals surface area contributed by atoms with Crippen molar-refractivity contribution in [3.63, 3.8) is 0 Å². The number of hydrogen-bond acceptors (Lipinski definition) is 4. The van der Waals surface area contributed by atoms with Crippen LogP contribution in [0.25, 0.3) is 0 Å². The van der Waals surface area contributed by atoms with Crippen LogP contribution in [-0.4, -0.2) is 31.6 Å². The Morgan fingerprint density at radius 3 is 2.67 bits per heavy atom. The number of hydrogen-bond donors (Lipinski definition) is 0. The van der Waals surface area contributed by atoms with Gasteiger partial charge in [-0.1, -0.05) is 38.8 Å². The topological polar surface area (TPSA) is 44.8 Å².